The van der Waals surface area contributed by atoms with E-state index in [2.05, 4.69) is 10.6 Å². The molecule has 0 spiro atoms. The van der Waals surface area contributed by atoms with Crippen molar-refractivity contribution in [1.82, 2.24) is 10.2 Å². The Morgan fingerprint density at radius 1 is 1.28 bits per heavy atom. The largest absolute Gasteiger partial charge is 0.342 e. The number of nitrogens with zero attached hydrogens (tertiary/aromatic N) is 1. The van der Waals surface area contributed by atoms with Crippen LogP contribution in [0.4, 0.5) is 10.1 Å². The Kier molecular flexibility index (Phi) is 9.24. The van der Waals surface area contributed by atoms with E-state index in [0.717, 1.165) is 25.9 Å². The van der Waals surface area contributed by atoms with Gasteiger partial charge in [0.05, 0.1) is 11.0 Å². The summed E-state index contributed by atoms with van der Waals surface area (Å²) in [6.45, 7) is 3.36. The third kappa shape index (κ3) is 6.84. The topological polar surface area (TPSA) is 61.4 Å². The van der Waals surface area contributed by atoms with E-state index in [-0.39, 0.29) is 41.0 Å². The summed E-state index contributed by atoms with van der Waals surface area (Å²) in [5.74, 6) is -0.259. The summed E-state index contributed by atoms with van der Waals surface area (Å²) in [6.07, 6.45) is 1.93. The second-order valence-corrected chi connectivity index (χ2v) is 7.23. The fourth-order valence-electron chi connectivity index (χ4n) is 2.65. The molecule has 2 N–H and O–H groups in total. The highest BCUT2D eigenvalue weighted by Gasteiger charge is 2.25. The lowest BCUT2D eigenvalue weighted by atomic mass is 10.1. The van der Waals surface area contributed by atoms with E-state index in [1.54, 1.807) is 0 Å². The van der Waals surface area contributed by atoms with Gasteiger partial charge in [0.15, 0.2) is 0 Å². The summed E-state index contributed by atoms with van der Waals surface area (Å²) in [5, 5.41) is 5.68. The van der Waals surface area contributed by atoms with E-state index < -0.39 is 0 Å². The second-order valence-electron chi connectivity index (χ2n) is 5.90. The van der Waals surface area contributed by atoms with Crippen LogP contribution in [0.2, 0.25) is 0 Å². The molecule has 2 rings (SSSR count). The molecule has 25 heavy (non-hydrogen) atoms. The lowest BCUT2D eigenvalue weighted by molar-refractivity contribution is -0.131. The molecular formula is C17H25ClFN3O2S. The molecule has 1 aromatic carbocycles. The molecule has 0 saturated carbocycles. The van der Waals surface area contributed by atoms with Crippen molar-refractivity contribution < 1.29 is 14.0 Å². The first kappa shape index (κ1) is 21.7. The highest BCUT2D eigenvalue weighted by molar-refractivity contribution is 8.01. The first-order chi connectivity index (χ1) is 11.5. The Labute approximate surface area is 158 Å². The lowest BCUT2D eigenvalue weighted by Crippen LogP contribution is -2.46. The van der Waals surface area contributed by atoms with Gasteiger partial charge in [-0.25, -0.2) is 4.39 Å². The van der Waals surface area contributed by atoms with Crippen molar-refractivity contribution >= 4 is 41.7 Å². The van der Waals surface area contributed by atoms with Crippen LogP contribution in [0.5, 0.6) is 0 Å². The van der Waals surface area contributed by atoms with Crippen molar-refractivity contribution in [2.24, 2.45) is 0 Å². The first-order valence-electron chi connectivity index (χ1n) is 8.12. The molecular weight excluding hydrogens is 365 g/mol. The smallest absolute Gasteiger partial charge is 0.235 e. The molecule has 0 bridgehead atoms. The van der Waals surface area contributed by atoms with Gasteiger partial charge in [-0.05, 0) is 51.1 Å². The number of carbonyl (C=O) groups is 2. The minimum atomic E-state index is -0.344. The van der Waals surface area contributed by atoms with E-state index in [4.69, 9.17) is 0 Å². The Morgan fingerprint density at radius 3 is 2.44 bits per heavy atom. The van der Waals surface area contributed by atoms with Crippen LogP contribution in [-0.4, -0.2) is 53.9 Å². The van der Waals surface area contributed by atoms with Crippen LogP contribution in [-0.2, 0) is 9.59 Å². The highest BCUT2D eigenvalue weighted by atomic mass is 35.5. The summed E-state index contributed by atoms with van der Waals surface area (Å²) in [4.78, 5) is 26.2. The van der Waals surface area contributed by atoms with Gasteiger partial charge in [0.1, 0.15) is 5.82 Å². The molecule has 1 aromatic rings. The van der Waals surface area contributed by atoms with Gasteiger partial charge in [-0.3, -0.25) is 9.59 Å². The van der Waals surface area contributed by atoms with Crippen LogP contribution in [0.3, 0.4) is 0 Å². The molecule has 0 aliphatic carbocycles. The summed E-state index contributed by atoms with van der Waals surface area (Å²) >= 11 is 1.32. The third-order valence-corrected chi connectivity index (χ3v) is 5.29. The Hall–Kier alpha value is -1.31. The quantitative estimate of drug-likeness (QED) is 0.784. The fraction of sp³-hybridized carbons (Fsp3) is 0.529. The molecule has 1 aliphatic heterocycles. The molecule has 1 saturated heterocycles. The number of carbonyl (C=O) groups excluding carboxylic acids is 2. The van der Waals surface area contributed by atoms with E-state index in [9.17, 15) is 14.0 Å². The molecule has 0 aromatic heterocycles. The second kappa shape index (κ2) is 10.6. The number of rotatable bonds is 6. The van der Waals surface area contributed by atoms with Gasteiger partial charge >= 0.3 is 0 Å². The summed E-state index contributed by atoms with van der Waals surface area (Å²) in [6, 6.07) is 6.10. The minimum Gasteiger partial charge on any atom is -0.342 e. The molecule has 0 radical (unpaired) electrons. The van der Waals surface area contributed by atoms with Gasteiger partial charge in [0, 0.05) is 24.8 Å². The lowest BCUT2D eigenvalue weighted by Gasteiger charge is -2.33. The number of hydrogen-bond acceptors (Lipinski definition) is 4. The molecule has 140 valence electrons. The highest BCUT2D eigenvalue weighted by Crippen LogP contribution is 2.18. The number of piperidine rings is 1. The summed E-state index contributed by atoms with van der Waals surface area (Å²) in [5.41, 5.74) is 0.551. The minimum absolute atomic E-state index is 0. The van der Waals surface area contributed by atoms with E-state index >= 15 is 0 Å². The van der Waals surface area contributed by atoms with Crippen molar-refractivity contribution in [2.45, 2.75) is 31.1 Å². The Bertz CT molecular complexity index is 566. The summed E-state index contributed by atoms with van der Waals surface area (Å²) in [7, 11) is 1.94. The first-order valence-corrected chi connectivity index (χ1v) is 9.17. The number of likely N-dealkylation sites (tertiary alicyclic amines) is 1. The molecule has 2 amide bonds. The van der Waals surface area contributed by atoms with Crippen molar-refractivity contribution in [1.29, 1.82) is 0 Å². The summed E-state index contributed by atoms with van der Waals surface area (Å²) < 4.78 is 12.8. The van der Waals surface area contributed by atoms with Gasteiger partial charge in [0.25, 0.3) is 0 Å². The third-order valence-electron chi connectivity index (χ3n) is 4.16. The van der Waals surface area contributed by atoms with Crippen LogP contribution in [0, 0.1) is 5.82 Å². The van der Waals surface area contributed by atoms with Gasteiger partial charge in [0.2, 0.25) is 11.8 Å². The maximum absolute atomic E-state index is 12.8. The number of thioether (sulfide) groups is 1. The predicted octanol–water partition coefficient (Wildman–Crippen LogP) is 2.52. The monoisotopic (exact) mass is 389 g/mol. The molecule has 1 fully saturated rings. The van der Waals surface area contributed by atoms with Gasteiger partial charge in [-0.2, -0.15) is 0 Å². The van der Waals surface area contributed by atoms with Crippen molar-refractivity contribution in [3.8, 4) is 0 Å². The zero-order valence-corrected chi connectivity index (χ0v) is 16.1. The number of hydrogen-bond donors (Lipinski definition) is 2. The average Bonchev–Trinajstić information content (AvgIpc) is 2.61. The van der Waals surface area contributed by atoms with Crippen molar-refractivity contribution in [3.63, 3.8) is 0 Å². The molecule has 1 unspecified atom stereocenters. The normalized spacial score (nSPS) is 16.0. The zero-order chi connectivity index (χ0) is 17.5. The predicted molar refractivity (Wildman–Crippen MR) is 103 cm³/mol. The SMILES string of the molecule is CNC1CCN(C(=O)C(C)SCC(=O)Nc2ccc(F)cc2)CC1.Cl. The molecule has 1 aliphatic rings. The van der Waals surface area contributed by atoms with E-state index in [1.807, 2.05) is 18.9 Å². The molecule has 5 nitrogen and oxygen atoms in total. The number of nitrogens with one attached hydrogen (secondary N) is 2. The molecule has 1 heterocycles. The fourth-order valence-corrected chi connectivity index (χ4v) is 3.41. The van der Waals surface area contributed by atoms with Crippen molar-refractivity contribution in [2.75, 3.05) is 31.2 Å². The maximum atomic E-state index is 12.8. The Morgan fingerprint density at radius 2 is 1.88 bits per heavy atom. The molecule has 8 heteroatoms. The van der Waals surface area contributed by atoms with E-state index in [1.165, 1.54) is 36.0 Å². The van der Waals surface area contributed by atoms with Gasteiger partial charge in [-0.1, -0.05) is 0 Å². The number of benzene rings is 1. The van der Waals surface area contributed by atoms with Crippen LogP contribution < -0.4 is 10.6 Å². The van der Waals surface area contributed by atoms with Crippen LogP contribution in [0.15, 0.2) is 24.3 Å². The number of amides is 2. The van der Waals surface area contributed by atoms with Crippen molar-refractivity contribution in [3.05, 3.63) is 30.1 Å². The Balaban J connectivity index is 0.00000312. The van der Waals surface area contributed by atoms with Crippen LogP contribution >= 0.6 is 24.2 Å². The zero-order valence-electron chi connectivity index (χ0n) is 14.5. The standard InChI is InChI=1S/C17H24FN3O2S.ClH/c1-12(17(23)21-9-7-14(19-2)8-10-21)24-11-16(22)20-15-5-3-13(18)4-6-15;/h3-6,12,14,19H,7-11H2,1-2H3,(H,20,22);1H. The van der Waals surface area contributed by atoms with E-state index in [0.29, 0.717) is 11.7 Å². The van der Waals surface area contributed by atoms with Gasteiger partial charge < -0.3 is 15.5 Å². The van der Waals surface area contributed by atoms with Crippen LogP contribution in [0.25, 0.3) is 0 Å². The maximum Gasteiger partial charge on any atom is 0.235 e. The van der Waals surface area contributed by atoms with Gasteiger partial charge in [-0.15, -0.1) is 24.2 Å². The number of anilines is 1. The average molecular weight is 390 g/mol. The van der Waals surface area contributed by atoms with Crippen LogP contribution in [0.1, 0.15) is 19.8 Å². The number of halogens is 2. The molecule has 1 atom stereocenters.